The van der Waals surface area contributed by atoms with E-state index in [1.54, 1.807) is 10.8 Å². The smallest absolute Gasteiger partial charge is 0.178 e. The van der Waals surface area contributed by atoms with Crippen LogP contribution in [0.5, 0.6) is 0 Å². The zero-order valence-electron chi connectivity index (χ0n) is 14.6. The monoisotopic (exact) mass is 352 g/mol. The van der Waals surface area contributed by atoms with E-state index in [0.29, 0.717) is 12.5 Å². The summed E-state index contributed by atoms with van der Waals surface area (Å²) in [6.07, 6.45) is 2.50. The molecule has 0 unspecified atom stereocenters. The molecule has 1 fully saturated rings. The third-order valence-corrected chi connectivity index (χ3v) is 5.01. The van der Waals surface area contributed by atoms with Gasteiger partial charge in [-0.1, -0.05) is 0 Å². The van der Waals surface area contributed by atoms with Crippen LogP contribution in [0.2, 0.25) is 0 Å². The molecule has 3 aromatic rings. The quantitative estimate of drug-likeness (QED) is 0.738. The van der Waals surface area contributed by atoms with E-state index < -0.39 is 0 Å². The van der Waals surface area contributed by atoms with Crippen LogP contribution in [0, 0.1) is 12.8 Å². The van der Waals surface area contributed by atoms with Crippen molar-refractivity contribution in [1.29, 1.82) is 0 Å². The normalized spacial score (nSPS) is 17.2. The minimum atomic E-state index is 0.560. The summed E-state index contributed by atoms with van der Waals surface area (Å²) < 4.78 is 7.33. The molecule has 9 nitrogen and oxygen atoms in total. The Hall–Kier alpha value is -2.81. The topological polar surface area (TPSA) is 93.4 Å². The fraction of sp³-hybridized carbons (Fsp3) is 0.471. The molecule has 0 saturated carbocycles. The minimum absolute atomic E-state index is 0.560. The second-order valence-electron chi connectivity index (χ2n) is 6.81. The van der Waals surface area contributed by atoms with Crippen molar-refractivity contribution in [2.75, 3.05) is 36.5 Å². The molecule has 0 aromatic carbocycles. The highest BCUT2D eigenvalue weighted by Gasteiger charge is 2.28. The maximum atomic E-state index is 5.55. The van der Waals surface area contributed by atoms with Gasteiger partial charge in [0.25, 0.3) is 0 Å². The van der Waals surface area contributed by atoms with Crippen LogP contribution in [0.15, 0.2) is 18.5 Å². The Morgan fingerprint density at radius 1 is 1.23 bits per heavy atom. The maximum Gasteiger partial charge on any atom is 0.178 e. The predicted octanol–water partition coefficient (Wildman–Crippen LogP) is 0.844. The zero-order chi connectivity index (χ0) is 17.5. The van der Waals surface area contributed by atoms with E-state index in [0.717, 1.165) is 67.0 Å². The standard InChI is InChI=1S/C17H20N8O/c1-11-21-22-15-2-3-16(23-25(11)15)24-7-12(8-24)6-18-17-13-9-26-5-4-14(13)19-10-20-17/h2-3,10,12H,4-9H2,1H3,(H,18,19,20). The molecule has 2 aliphatic heterocycles. The van der Waals surface area contributed by atoms with E-state index in [1.807, 2.05) is 19.1 Å². The summed E-state index contributed by atoms with van der Waals surface area (Å²) >= 11 is 0. The van der Waals surface area contributed by atoms with Crippen LogP contribution in [0.25, 0.3) is 5.65 Å². The molecular weight excluding hydrogens is 332 g/mol. The van der Waals surface area contributed by atoms with Gasteiger partial charge in [-0.05, 0) is 19.1 Å². The van der Waals surface area contributed by atoms with Gasteiger partial charge in [-0.3, -0.25) is 0 Å². The van der Waals surface area contributed by atoms with Gasteiger partial charge in [-0.25, -0.2) is 9.97 Å². The summed E-state index contributed by atoms with van der Waals surface area (Å²) in [5.74, 6) is 3.23. The van der Waals surface area contributed by atoms with Crippen molar-refractivity contribution in [3.05, 3.63) is 35.5 Å². The molecule has 2 aliphatic rings. The number of nitrogens with one attached hydrogen (secondary N) is 1. The average molecular weight is 352 g/mol. The average Bonchev–Trinajstić information content (AvgIpc) is 3.01. The number of nitrogens with zero attached hydrogens (tertiary/aromatic N) is 7. The summed E-state index contributed by atoms with van der Waals surface area (Å²) in [5.41, 5.74) is 2.98. The molecule has 1 saturated heterocycles. The summed E-state index contributed by atoms with van der Waals surface area (Å²) in [6, 6.07) is 3.96. The highest BCUT2D eigenvalue weighted by atomic mass is 16.5. The molecule has 134 valence electrons. The molecule has 0 aliphatic carbocycles. The third kappa shape index (κ3) is 2.64. The number of ether oxygens (including phenoxy) is 1. The Balaban J connectivity index is 1.21. The minimum Gasteiger partial charge on any atom is -0.376 e. The van der Waals surface area contributed by atoms with E-state index >= 15 is 0 Å². The number of hydrogen-bond donors (Lipinski definition) is 1. The summed E-state index contributed by atoms with van der Waals surface area (Å²) in [7, 11) is 0. The number of anilines is 2. The SMILES string of the molecule is Cc1nnc2ccc(N3CC(CNc4ncnc5c4COCC5)C3)nn12. The summed E-state index contributed by atoms with van der Waals surface area (Å²) in [6.45, 7) is 6.06. The van der Waals surface area contributed by atoms with Crippen molar-refractivity contribution in [3.63, 3.8) is 0 Å². The molecule has 1 N–H and O–H groups in total. The first-order chi connectivity index (χ1) is 12.8. The maximum absolute atomic E-state index is 5.55. The Bertz CT molecular complexity index is 949. The van der Waals surface area contributed by atoms with Gasteiger partial charge in [0.2, 0.25) is 0 Å². The molecule has 0 bridgehead atoms. The fourth-order valence-corrected chi connectivity index (χ4v) is 3.49. The van der Waals surface area contributed by atoms with Crippen LogP contribution in [0.3, 0.4) is 0 Å². The highest BCUT2D eigenvalue weighted by molar-refractivity contribution is 5.49. The number of hydrogen-bond acceptors (Lipinski definition) is 8. The van der Waals surface area contributed by atoms with Gasteiger partial charge < -0.3 is 15.0 Å². The van der Waals surface area contributed by atoms with Crippen molar-refractivity contribution in [1.82, 2.24) is 29.8 Å². The Morgan fingerprint density at radius 3 is 3.08 bits per heavy atom. The predicted molar refractivity (Wildman–Crippen MR) is 95.1 cm³/mol. The van der Waals surface area contributed by atoms with Crippen LogP contribution in [0.4, 0.5) is 11.6 Å². The molecule has 0 atom stereocenters. The van der Waals surface area contributed by atoms with Gasteiger partial charge in [-0.15, -0.1) is 15.3 Å². The van der Waals surface area contributed by atoms with Crippen molar-refractivity contribution in [2.45, 2.75) is 20.0 Å². The molecule has 0 amide bonds. The number of rotatable bonds is 4. The van der Waals surface area contributed by atoms with Gasteiger partial charge in [0.15, 0.2) is 11.5 Å². The number of aromatic nitrogens is 6. The third-order valence-electron chi connectivity index (χ3n) is 5.01. The van der Waals surface area contributed by atoms with Crippen molar-refractivity contribution in [2.24, 2.45) is 5.92 Å². The molecular formula is C17H20N8O. The van der Waals surface area contributed by atoms with Crippen LogP contribution >= 0.6 is 0 Å². The van der Waals surface area contributed by atoms with Crippen molar-refractivity contribution >= 4 is 17.3 Å². The number of fused-ring (bicyclic) bond motifs is 2. The van der Waals surface area contributed by atoms with Gasteiger partial charge in [0.05, 0.1) is 18.9 Å². The first-order valence-corrected chi connectivity index (χ1v) is 8.86. The molecule has 5 rings (SSSR count). The second-order valence-corrected chi connectivity index (χ2v) is 6.81. The number of aryl methyl sites for hydroxylation is 1. The van der Waals surface area contributed by atoms with Gasteiger partial charge in [0.1, 0.15) is 18.0 Å². The Kier molecular flexibility index (Phi) is 3.66. The van der Waals surface area contributed by atoms with E-state index in [4.69, 9.17) is 4.74 Å². The molecule has 0 spiro atoms. The van der Waals surface area contributed by atoms with E-state index in [2.05, 4.69) is 35.5 Å². The van der Waals surface area contributed by atoms with E-state index in [-0.39, 0.29) is 0 Å². The van der Waals surface area contributed by atoms with Crippen LogP contribution in [-0.4, -0.2) is 56.0 Å². The van der Waals surface area contributed by atoms with E-state index in [1.165, 1.54) is 0 Å². The first-order valence-electron chi connectivity index (χ1n) is 8.86. The Labute approximate surface area is 150 Å². The van der Waals surface area contributed by atoms with Crippen LogP contribution in [-0.2, 0) is 17.8 Å². The van der Waals surface area contributed by atoms with Crippen molar-refractivity contribution in [3.8, 4) is 0 Å². The lowest BCUT2D eigenvalue weighted by Gasteiger charge is -2.40. The second kappa shape index (κ2) is 6.17. The largest absolute Gasteiger partial charge is 0.376 e. The van der Waals surface area contributed by atoms with Crippen molar-refractivity contribution < 1.29 is 4.74 Å². The lowest BCUT2D eigenvalue weighted by atomic mass is 10.00. The lowest BCUT2D eigenvalue weighted by molar-refractivity contribution is 0.109. The molecule has 5 heterocycles. The summed E-state index contributed by atoms with van der Waals surface area (Å²) in [4.78, 5) is 11.0. The van der Waals surface area contributed by atoms with Crippen LogP contribution in [0.1, 0.15) is 17.1 Å². The summed E-state index contributed by atoms with van der Waals surface area (Å²) in [5, 5.41) is 16.2. The highest BCUT2D eigenvalue weighted by Crippen LogP contribution is 2.25. The molecule has 26 heavy (non-hydrogen) atoms. The molecule has 9 heteroatoms. The van der Waals surface area contributed by atoms with Gasteiger partial charge >= 0.3 is 0 Å². The van der Waals surface area contributed by atoms with E-state index in [9.17, 15) is 0 Å². The Morgan fingerprint density at radius 2 is 2.15 bits per heavy atom. The van der Waals surface area contributed by atoms with Crippen LogP contribution < -0.4 is 10.2 Å². The van der Waals surface area contributed by atoms with Gasteiger partial charge in [0, 0.05) is 37.5 Å². The first kappa shape index (κ1) is 15.4. The fourth-order valence-electron chi connectivity index (χ4n) is 3.49. The zero-order valence-corrected chi connectivity index (χ0v) is 14.6. The van der Waals surface area contributed by atoms with Gasteiger partial charge in [-0.2, -0.15) is 4.52 Å². The molecule has 0 radical (unpaired) electrons. The molecule has 3 aromatic heterocycles. The lowest BCUT2D eigenvalue weighted by Crippen LogP contribution is -2.50.